The van der Waals surface area contributed by atoms with E-state index in [2.05, 4.69) is 9.46 Å². The number of carbonyl (C=O) groups excluding carboxylic acids is 1. The lowest BCUT2D eigenvalue weighted by Gasteiger charge is -2.18. The van der Waals surface area contributed by atoms with Gasteiger partial charge in [0, 0.05) is 11.9 Å². The standard InChI is InChI=1S/C10H21ClN2O4S/c1-7(2)5-9(6-11)12-18(15,16)13-10(14)17-8(3)4/h7-9,12H,5-6H2,1-4H3,(H,13,14). The average Bonchev–Trinajstić information content (AvgIpc) is 2.12. The van der Waals surface area contributed by atoms with Crippen LogP contribution in [0.3, 0.4) is 0 Å². The van der Waals surface area contributed by atoms with Crippen LogP contribution < -0.4 is 9.44 Å². The fourth-order valence-corrected chi connectivity index (χ4v) is 2.55. The van der Waals surface area contributed by atoms with E-state index in [0.29, 0.717) is 12.3 Å². The van der Waals surface area contributed by atoms with E-state index in [0.717, 1.165) is 0 Å². The summed E-state index contributed by atoms with van der Waals surface area (Å²) in [6.45, 7) is 7.16. The van der Waals surface area contributed by atoms with Crippen molar-refractivity contribution in [3.8, 4) is 0 Å². The Bertz CT molecular complexity index is 357. The zero-order valence-electron chi connectivity index (χ0n) is 11.1. The molecule has 0 heterocycles. The number of rotatable bonds is 7. The minimum absolute atomic E-state index is 0.137. The Labute approximate surface area is 114 Å². The Morgan fingerprint density at radius 3 is 2.22 bits per heavy atom. The lowest BCUT2D eigenvalue weighted by Crippen LogP contribution is -2.46. The molecule has 0 rings (SSSR count). The molecule has 108 valence electrons. The number of nitrogens with one attached hydrogen (secondary N) is 2. The van der Waals surface area contributed by atoms with Crippen LogP contribution in [0.25, 0.3) is 0 Å². The van der Waals surface area contributed by atoms with Crippen molar-refractivity contribution in [2.45, 2.75) is 46.3 Å². The number of hydrogen-bond acceptors (Lipinski definition) is 4. The van der Waals surface area contributed by atoms with Crippen LogP contribution in [-0.4, -0.2) is 32.5 Å². The van der Waals surface area contributed by atoms with Crippen molar-refractivity contribution in [1.29, 1.82) is 0 Å². The zero-order valence-corrected chi connectivity index (χ0v) is 12.6. The maximum Gasteiger partial charge on any atom is 0.422 e. The Hall–Kier alpha value is -0.530. The molecule has 0 saturated carbocycles. The molecule has 1 amide bonds. The van der Waals surface area contributed by atoms with Gasteiger partial charge in [-0.05, 0) is 26.2 Å². The van der Waals surface area contributed by atoms with Crippen LogP contribution in [0.5, 0.6) is 0 Å². The summed E-state index contributed by atoms with van der Waals surface area (Å²) in [6, 6.07) is -0.420. The first-order valence-corrected chi connectivity index (χ1v) is 7.74. The third-order valence-corrected chi connectivity index (χ3v) is 3.28. The van der Waals surface area contributed by atoms with Crippen LogP contribution in [0.15, 0.2) is 0 Å². The first kappa shape index (κ1) is 17.5. The molecule has 0 radical (unpaired) electrons. The molecule has 1 atom stereocenters. The van der Waals surface area contributed by atoms with Gasteiger partial charge in [-0.3, -0.25) is 0 Å². The monoisotopic (exact) mass is 300 g/mol. The van der Waals surface area contributed by atoms with Crippen LogP contribution in [0.4, 0.5) is 4.79 Å². The number of hydrogen-bond donors (Lipinski definition) is 2. The predicted octanol–water partition coefficient (Wildman–Crippen LogP) is 1.61. The minimum Gasteiger partial charge on any atom is -0.446 e. The summed E-state index contributed by atoms with van der Waals surface area (Å²) in [5.41, 5.74) is 0. The topological polar surface area (TPSA) is 84.5 Å². The van der Waals surface area contributed by atoms with E-state index in [1.54, 1.807) is 18.6 Å². The van der Waals surface area contributed by atoms with Crippen molar-refractivity contribution >= 4 is 27.9 Å². The zero-order chi connectivity index (χ0) is 14.3. The van der Waals surface area contributed by atoms with Gasteiger partial charge in [0.2, 0.25) is 0 Å². The van der Waals surface area contributed by atoms with Gasteiger partial charge in [-0.1, -0.05) is 13.8 Å². The molecular weight excluding hydrogens is 280 g/mol. The van der Waals surface area contributed by atoms with Gasteiger partial charge in [0.05, 0.1) is 6.10 Å². The summed E-state index contributed by atoms with van der Waals surface area (Å²) >= 11 is 5.67. The maximum absolute atomic E-state index is 11.6. The van der Waals surface area contributed by atoms with Gasteiger partial charge < -0.3 is 4.74 Å². The van der Waals surface area contributed by atoms with Crippen molar-refractivity contribution in [1.82, 2.24) is 9.44 Å². The molecule has 0 saturated heterocycles. The number of alkyl halides is 1. The van der Waals surface area contributed by atoms with Gasteiger partial charge in [-0.25, -0.2) is 9.52 Å². The summed E-state index contributed by atoms with van der Waals surface area (Å²) in [6.07, 6.45) is -0.807. The van der Waals surface area contributed by atoms with Crippen LogP contribution in [0, 0.1) is 5.92 Å². The van der Waals surface area contributed by atoms with Crippen molar-refractivity contribution in [2.24, 2.45) is 5.92 Å². The van der Waals surface area contributed by atoms with Crippen LogP contribution in [-0.2, 0) is 14.9 Å². The average molecular weight is 301 g/mol. The molecule has 0 aliphatic rings. The second-order valence-corrected chi connectivity index (χ2v) is 6.41. The Balaban J connectivity index is 4.41. The molecule has 6 nitrogen and oxygen atoms in total. The molecule has 1 unspecified atom stereocenters. The van der Waals surface area contributed by atoms with Crippen LogP contribution in [0.2, 0.25) is 0 Å². The number of ether oxygens (including phenoxy) is 1. The fourth-order valence-electron chi connectivity index (χ4n) is 1.31. The van der Waals surface area contributed by atoms with E-state index in [1.165, 1.54) is 0 Å². The molecule has 0 spiro atoms. The Morgan fingerprint density at radius 2 is 1.83 bits per heavy atom. The molecule has 0 aromatic heterocycles. The van der Waals surface area contributed by atoms with E-state index in [-0.39, 0.29) is 12.0 Å². The molecule has 8 heteroatoms. The summed E-state index contributed by atoms with van der Waals surface area (Å²) in [5.74, 6) is 0.428. The van der Waals surface area contributed by atoms with Crippen molar-refractivity contribution in [3.63, 3.8) is 0 Å². The number of carbonyl (C=O) groups is 1. The largest absolute Gasteiger partial charge is 0.446 e. The van der Waals surface area contributed by atoms with Gasteiger partial charge >= 0.3 is 16.3 Å². The lowest BCUT2D eigenvalue weighted by molar-refractivity contribution is 0.121. The van der Waals surface area contributed by atoms with E-state index in [4.69, 9.17) is 11.6 Å². The normalized spacial score (nSPS) is 13.7. The third kappa shape index (κ3) is 8.54. The van der Waals surface area contributed by atoms with Crippen molar-refractivity contribution < 1.29 is 17.9 Å². The molecule has 0 fully saturated rings. The summed E-state index contributed by atoms with van der Waals surface area (Å²) < 4.78 is 31.9. The van der Waals surface area contributed by atoms with E-state index >= 15 is 0 Å². The SMILES string of the molecule is CC(C)CC(CCl)NS(=O)(=O)NC(=O)OC(C)C. The van der Waals surface area contributed by atoms with Gasteiger partial charge in [-0.2, -0.15) is 13.1 Å². The predicted molar refractivity (Wildman–Crippen MR) is 70.8 cm³/mol. The highest BCUT2D eigenvalue weighted by Crippen LogP contribution is 2.07. The molecule has 0 aromatic rings. The highest BCUT2D eigenvalue weighted by atomic mass is 35.5. The smallest absolute Gasteiger partial charge is 0.422 e. The molecule has 0 bridgehead atoms. The molecule has 18 heavy (non-hydrogen) atoms. The Morgan fingerprint density at radius 1 is 1.28 bits per heavy atom. The lowest BCUT2D eigenvalue weighted by atomic mass is 10.1. The number of amides is 1. The first-order chi connectivity index (χ1) is 8.16. The van der Waals surface area contributed by atoms with Gasteiger partial charge in [0.1, 0.15) is 0 Å². The van der Waals surface area contributed by atoms with E-state index in [9.17, 15) is 13.2 Å². The summed E-state index contributed by atoms with van der Waals surface area (Å²) in [7, 11) is -3.94. The second-order valence-electron chi connectivity index (χ2n) is 4.66. The minimum atomic E-state index is -3.94. The van der Waals surface area contributed by atoms with Gasteiger partial charge in [-0.15, -0.1) is 11.6 Å². The van der Waals surface area contributed by atoms with E-state index in [1.807, 2.05) is 13.8 Å². The third-order valence-electron chi connectivity index (χ3n) is 1.82. The summed E-state index contributed by atoms with van der Waals surface area (Å²) in [4.78, 5) is 11.2. The first-order valence-electron chi connectivity index (χ1n) is 5.73. The second kappa shape index (κ2) is 7.81. The van der Waals surface area contributed by atoms with Crippen LogP contribution >= 0.6 is 11.6 Å². The van der Waals surface area contributed by atoms with E-state index < -0.39 is 22.3 Å². The van der Waals surface area contributed by atoms with Crippen molar-refractivity contribution in [2.75, 3.05) is 5.88 Å². The fraction of sp³-hybridized carbons (Fsp3) is 0.900. The van der Waals surface area contributed by atoms with Gasteiger partial charge in [0.15, 0.2) is 0 Å². The Kier molecular flexibility index (Phi) is 7.58. The quantitative estimate of drug-likeness (QED) is 0.700. The van der Waals surface area contributed by atoms with Crippen LogP contribution in [0.1, 0.15) is 34.1 Å². The highest BCUT2D eigenvalue weighted by Gasteiger charge is 2.21. The summed E-state index contributed by atoms with van der Waals surface area (Å²) in [5, 5.41) is 0. The maximum atomic E-state index is 11.6. The highest BCUT2D eigenvalue weighted by molar-refractivity contribution is 7.88. The molecule has 0 aromatic carbocycles. The van der Waals surface area contributed by atoms with Gasteiger partial charge in [0.25, 0.3) is 0 Å². The molecule has 0 aliphatic carbocycles. The molecule has 0 aliphatic heterocycles. The molecule has 2 N–H and O–H groups in total. The molecular formula is C10H21ClN2O4S. The van der Waals surface area contributed by atoms with Crippen molar-refractivity contribution in [3.05, 3.63) is 0 Å². The number of halogens is 1.